The van der Waals surface area contributed by atoms with Gasteiger partial charge in [-0.1, -0.05) is 25.7 Å². The molecule has 0 aromatic heterocycles. The van der Waals surface area contributed by atoms with Gasteiger partial charge in [0, 0.05) is 13.5 Å². The van der Waals surface area contributed by atoms with Gasteiger partial charge in [0.2, 0.25) is 11.9 Å². The Morgan fingerprint density at radius 1 is 1.25 bits per heavy atom. The van der Waals surface area contributed by atoms with Crippen LogP contribution in [0.5, 0.6) is 0 Å². The Kier molecular flexibility index (Phi) is 8.18. The van der Waals surface area contributed by atoms with Crippen molar-refractivity contribution in [3.05, 3.63) is 0 Å². The highest BCUT2D eigenvalue weighted by Crippen LogP contribution is 1.98. The van der Waals surface area contributed by atoms with Crippen LogP contribution < -0.4 is 0 Å². The van der Waals surface area contributed by atoms with Gasteiger partial charge in [0.05, 0.1) is 7.11 Å². The highest BCUT2D eigenvalue weighted by Gasteiger charge is 2.25. The van der Waals surface area contributed by atoms with Crippen molar-refractivity contribution < 1.29 is 19.1 Å². The average Bonchev–Trinajstić information content (AvgIpc) is 2.29. The van der Waals surface area contributed by atoms with E-state index in [9.17, 15) is 9.59 Å². The number of methoxy groups -OCH3 is 2. The summed E-state index contributed by atoms with van der Waals surface area (Å²) < 4.78 is 9.13. The number of carbonyl (C=O) groups is 2. The fourth-order valence-electron chi connectivity index (χ4n) is 1.10. The second-order valence-corrected chi connectivity index (χ2v) is 3.26. The minimum atomic E-state index is -1.22. The van der Waals surface area contributed by atoms with Gasteiger partial charge in [-0.05, 0) is 12.3 Å². The van der Waals surface area contributed by atoms with Gasteiger partial charge < -0.3 is 9.47 Å². The first-order valence-corrected chi connectivity index (χ1v) is 5.30. The number of carbonyl (C=O) groups excluding carboxylic acids is 2. The number of unbranched alkanes of at least 4 members (excludes halogenated alkanes) is 3. The minimum absolute atomic E-state index is 0.550. The molecule has 90 valence electrons. The van der Waals surface area contributed by atoms with Crippen LogP contribution in [-0.2, 0) is 19.1 Å². The number of hydrogen-bond donors (Lipinski definition) is 0. The highest BCUT2D eigenvalue weighted by atomic mass is 16.6. The molecule has 4 nitrogen and oxygen atoms in total. The van der Waals surface area contributed by atoms with E-state index in [-0.39, 0.29) is 0 Å². The first-order valence-electron chi connectivity index (χ1n) is 5.30. The zero-order chi connectivity index (χ0) is 12.4. The van der Waals surface area contributed by atoms with Gasteiger partial charge in [-0.2, -0.15) is 0 Å². The molecule has 4 heteroatoms. The van der Waals surface area contributed by atoms with Crippen molar-refractivity contribution in [1.82, 2.24) is 0 Å². The molecule has 0 heterocycles. The minimum Gasteiger partial charge on any atom is -0.467 e. The van der Waals surface area contributed by atoms with Crippen LogP contribution in [-0.4, -0.2) is 32.1 Å². The molecule has 16 heavy (non-hydrogen) atoms. The maximum atomic E-state index is 11.4. The quantitative estimate of drug-likeness (QED) is 0.225. The molecule has 0 saturated carbocycles. The van der Waals surface area contributed by atoms with Crippen LogP contribution >= 0.6 is 0 Å². The predicted octanol–water partition coefficient (Wildman–Crippen LogP) is 1.33. The molecule has 0 aromatic carbocycles. The van der Waals surface area contributed by atoms with E-state index < -0.39 is 17.9 Å². The Morgan fingerprint density at radius 2 is 1.94 bits per heavy atom. The molecule has 1 unspecified atom stereocenters. The SMILES string of the molecule is CCCCCC#CC(=O)C(OC)C(=O)OC. The van der Waals surface area contributed by atoms with Crippen molar-refractivity contribution in [2.24, 2.45) is 0 Å². The largest absolute Gasteiger partial charge is 0.467 e. The average molecular weight is 226 g/mol. The molecule has 0 aliphatic heterocycles. The van der Waals surface area contributed by atoms with Crippen LogP contribution in [0.25, 0.3) is 0 Å². The Bertz CT molecular complexity index is 285. The molecule has 0 rings (SSSR count). The number of esters is 1. The van der Waals surface area contributed by atoms with Gasteiger partial charge in [-0.15, -0.1) is 0 Å². The summed E-state index contributed by atoms with van der Waals surface area (Å²) in [6.45, 7) is 2.09. The summed E-state index contributed by atoms with van der Waals surface area (Å²) in [6.07, 6.45) is 2.61. The second-order valence-electron chi connectivity index (χ2n) is 3.26. The molecule has 0 spiro atoms. The summed E-state index contributed by atoms with van der Waals surface area (Å²) in [4.78, 5) is 22.5. The summed E-state index contributed by atoms with van der Waals surface area (Å²) in [5, 5.41) is 0. The van der Waals surface area contributed by atoms with Crippen molar-refractivity contribution in [3.63, 3.8) is 0 Å². The summed E-state index contributed by atoms with van der Waals surface area (Å²) in [5.41, 5.74) is 0. The zero-order valence-corrected chi connectivity index (χ0v) is 10.0. The van der Waals surface area contributed by atoms with Gasteiger partial charge in [0.25, 0.3) is 0 Å². The highest BCUT2D eigenvalue weighted by molar-refractivity contribution is 6.11. The van der Waals surface area contributed by atoms with Gasteiger partial charge in [-0.3, -0.25) is 4.79 Å². The number of rotatable bonds is 6. The second kappa shape index (κ2) is 8.93. The number of Topliss-reactive ketones (excluding diaryl/α,β-unsaturated/α-hetero) is 1. The molecule has 0 aliphatic rings. The summed E-state index contributed by atoms with van der Waals surface area (Å²) in [7, 11) is 2.48. The van der Waals surface area contributed by atoms with E-state index in [0.717, 1.165) is 19.3 Å². The maximum Gasteiger partial charge on any atom is 0.343 e. The Morgan fingerprint density at radius 3 is 2.44 bits per heavy atom. The van der Waals surface area contributed by atoms with E-state index in [0.29, 0.717) is 6.42 Å². The topological polar surface area (TPSA) is 52.6 Å². The molecule has 0 bridgehead atoms. The van der Waals surface area contributed by atoms with E-state index in [4.69, 9.17) is 4.74 Å². The molecular formula is C12H18O4. The third kappa shape index (κ3) is 5.52. The molecule has 0 N–H and O–H groups in total. The molecule has 0 radical (unpaired) electrons. The number of ether oxygens (including phenoxy) is 2. The first-order chi connectivity index (χ1) is 7.67. The fraction of sp³-hybridized carbons (Fsp3) is 0.667. The van der Waals surface area contributed by atoms with Gasteiger partial charge in [-0.25, -0.2) is 4.79 Å². The molecule has 1 atom stereocenters. The fourth-order valence-corrected chi connectivity index (χ4v) is 1.10. The van der Waals surface area contributed by atoms with Gasteiger partial charge >= 0.3 is 5.97 Å². The Hall–Kier alpha value is -1.34. The lowest BCUT2D eigenvalue weighted by Gasteiger charge is -2.07. The van der Waals surface area contributed by atoms with Crippen LogP contribution in [0, 0.1) is 11.8 Å². The lowest BCUT2D eigenvalue weighted by atomic mass is 10.2. The van der Waals surface area contributed by atoms with E-state index in [1.165, 1.54) is 14.2 Å². The van der Waals surface area contributed by atoms with Crippen LogP contribution in [0.3, 0.4) is 0 Å². The standard InChI is InChI=1S/C12H18O4/c1-4-5-6-7-8-9-10(13)11(15-2)12(14)16-3/h11H,4-7H2,1-3H3. The molecule has 0 fully saturated rings. The third-order valence-corrected chi connectivity index (χ3v) is 2.01. The molecular weight excluding hydrogens is 208 g/mol. The molecule has 0 saturated heterocycles. The summed E-state index contributed by atoms with van der Waals surface area (Å²) in [5.74, 6) is 3.86. The van der Waals surface area contributed by atoms with Crippen LogP contribution in [0.4, 0.5) is 0 Å². The van der Waals surface area contributed by atoms with Gasteiger partial charge in [0.1, 0.15) is 0 Å². The van der Waals surface area contributed by atoms with Crippen molar-refractivity contribution in [3.8, 4) is 11.8 Å². The Labute approximate surface area is 96.3 Å². The number of ketones is 1. The Balaban J connectivity index is 4.15. The van der Waals surface area contributed by atoms with Crippen molar-refractivity contribution >= 4 is 11.8 Å². The van der Waals surface area contributed by atoms with E-state index in [1.54, 1.807) is 0 Å². The zero-order valence-electron chi connectivity index (χ0n) is 10.0. The van der Waals surface area contributed by atoms with Crippen LogP contribution in [0.15, 0.2) is 0 Å². The lowest BCUT2D eigenvalue weighted by Crippen LogP contribution is -2.32. The number of hydrogen-bond acceptors (Lipinski definition) is 4. The lowest BCUT2D eigenvalue weighted by molar-refractivity contribution is -0.155. The normalized spacial score (nSPS) is 11.2. The predicted molar refractivity (Wildman–Crippen MR) is 59.7 cm³/mol. The summed E-state index contributed by atoms with van der Waals surface area (Å²) >= 11 is 0. The van der Waals surface area contributed by atoms with E-state index in [2.05, 4.69) is 23.5 Å². The maximum absolute atomic E-state index is 11.4. The van der Waals surface area contributed by atoms with Gasteiger partial charge in [0.15, 0.2) is 0 Å². The first kappa shape index (κ1) is 14.7. The van der Waals surface area contributed by atoms with E-state index >= 15 is 0 Å². The van der Waals surface area contributed by atoms with E-state index in [1.807, 2.05) is 0 Å². The smallest absolute Gasteiger partial charge is 0.343 e. The van der Waals surface area contributed by atoms with Crippen LogP contribution in [0.2, 0.25) is 0 Å². The van der Waals surface area contributed by atoms with Crippen molar-refractivity contribution in [2.75, 3.05) is 14.2 Å². The van der Waals surface area contributed by atoms with Crippen molar-refractivity contribution in [2.45, 2.75) is 38.7 Å². The van der Waals surface area contributed by atoms with Crippen LogP contribution in [0.1, 0.15) is 32.6 Å². The monoisotopic (exact) mass is 226 g/mol. The molecule has 0 aromatic rings. The van der Waals surface area contributed by atoms with Crippen molar-refractivity contribution in [1.29, 1.82) is 0 Å². The molecule has 0 aliphatic carbocycles. The molecule has 0 amide bonds. The summed E-state index contributed by atoms with van der Waals surface area (Å²) in [6, 6.07) is 0. The third-order valence-electron chi connectivity index (χ3n) is 2.01.